The van der Waals surface area contributed by atoms with Crippen LogP contribution in [0, 0.1) is 11.6 Å². The quantitative estimate of drug-likeness (QED) is 0.820. The first-order valence-electron chi connectivity index (χ1n) is 6.74. The number of pyridine rings is 1. The maximum atomic E-state index is 13.6. The van der Waals surface area contributed by atoms with Crippen LogP contribution in [-0.2, 0) is 22.3 Å². The first kappa shape index (κ1) is 16.5. The maximum Gasteiger partial charge on any atom is 0.218 e. The summed E-state index contributed by atoms with van der Waals surface area (Å²) in [5.74, 6) is -2.11. The fourth-order valence-electron chi connectivity index (χ4n) is 2.01. The summed E-state index contributed by atoms with van der Waals surface area (Å²) in [4.78, 5) is 4.09. The van der Waals surface area contributed by atoms with E-state index in [1.807, 2.05) is 0 Å². The molecular weight excluding hydrogens is 310 g/mol. The summed E-state index contributed by atoms with van der Waals surface area (Å²) in [6.45, 7) is 2.05. The van der Waals surface area contributed by atoms with Gasteiger partial charge in [0.1, 0.15) is 11.6 Å². The Labute approximate surface area is 128 Å². The van der Waals surface area contributed by atoms with Gasteiger partial charge >= 0.3 is 0 Å². The molecule has 0 atom stereocenters. The molecule has 0 aliphatic rings. The van der Waals surface area contributed by atoms with E-state index in [9.17, 15) is 17.2 Å². The second-order valence-corrected chi connectivity index (χ2v) is 6.71. The molecule has 4 nitrogen and oxygen atoms in total. The Kier molecular flexibility index (Phi) is 5.20. The Morgan fingerprint density at radius 2 is 1.95 bits per heavy atom. The van der Waals surface area contributed by atoms with Crippen molar-refractivity contribution in [1.82, 2.24) is 9.29 Å². The molecule has 0 N–H and O–H groups in total. The van der Waals surface area contributed by atoms with E-state index in [0.717, 1.165) is 12.1 Å². The Hall–Kier alpha value is -1.86. The average Bonchev–Trinajstić information content (AvgIpc) is 2.48. The molecule has 118 valence electrons. The molecule has 1 heterocycles. The molecule has 0 amide bonds. The van der Waals surface area contributed by atoms with Gasteiger partial charge in [0.15, 0.2) is 0 Å². The van der Waals surface area contributed by atoms with Crippen molar-refractivity contribution in [3.8, 4) is 0 Å². The second kappa shape index (κ2) is 6.93. The van der Waals surface area contributed by atoms with E-state index in [2.05, 4.69) is 4.98 Å². The summed E-state index contributed by atoms with van der Waals surface area (Å²) in [7, 11) is -3.73. The number of benzene rings is 1. The van der Waals surface area contributed by atoms with Gasteiger partial charge in [0.2, 0.25) is 10.0 Å². The van der Waals surface area contributed by atoms with Crippen LogP contribution in [0.15, 0.2) is 42.6 Å². The van der Waals surface area contributed by atoms with Crippen LogP contribution < -0.4 is 0 Å². The Balaban J connectivity index is 2.20. The third-order valence-corrected chi connectivity index (χ3v) is 5.01. The molecule has 2 aromatic rings. The number of rotatable bonds is 6. The van der Waals surface area contributed by atoms with E-state index in [-0.39, 0.29) is 18.7 Å². The molecule has 0 aliphatic heterocycles. The molecule has 22 heavy (non-hydrogen) atoms. The standard InChI is InChI=1S/C15H16F2N2O2S/c1-2-19(10-14-5-3-4-8-18-14)22(20,21)11-12-6-7-13(16)9-15(12)17/h3-9H,2,10-11H2,1H3. The van der Waals surface area contributed by atoms with E-state index in [4.69, 9.17) is 0 Å². The summed E-state index contributed by atoms with van der Waals surface area (Å²) in [6.07, 6.45) is 1.58. The molecular formula is C15H16F2N2O2S. The van der Waals surface area contributed by atoms with E-state index in [1.165, 1.54) is 4.31 Å². The zero-order valence-corrected chi connectivity index (χ0v) is 12.9. The summed E-state index contributed by atoms with van der Waals surface area (Å²) in [6, 6.07) is 8.10. The summed E-state index contributed by atoms with van der Waals surface area (Å²) in [5, 5.41) is 0. The molecule has 7 heteroatoms. The molecule has 0 radical (unpaired) electrons. The predicted molar refractivity (Wildman–Crippen MR) is 79.3 cm³/mol. The van der Waals surface area contributed by atoms with E-state index in [0.29, 0.717) is 11.8 Å². The number of hydrogen-bond donors (Lipinski definition) is 0. The third kappa shape index (κ3) is 4.08. The van der Waals surface area contributed by atoms with Crippen molar-refractivity contribution >= 4 is 10.0 Å². The zero-order valence-electron chi connectivity index (χ0n) is 12.0. The summed E-state index contributed by atoms with van der Waals surface area (Å²) < 4.78 is 52.6. The van der Waals surface area contributed by atoms with Gasteiger partial charge in [0.05, 0.1) is 18.0 Å². The van der Waals surface area contributed by atoms with Crippen molar-refractivity contribution in [3.05, 3.63) is 65.5 Å². The highest BCUT2D eigenvalue weighted by atomic mass is 32.2. The predicted octanol–water partition coefficient (Wildman–Crippen LogP) is 2.71. The molecule has 0 saturated heterocycles. The second-order valence-electron chi connectivity index (χ2n) is 4.74. The lowest BCUT2D eigenvalue weighted by Gasteiger charge is -2.20. The first-order chi connectivity index (χ1) is 10.4. The van der Waals surface area contributed by atoms with Gasteiger partial charge < -0.3 is 0 Å². The first-order valence-corrected chi connectivity index (χ1v) is 8.35. The number of nitrogens with zero attached hydrogens (tertiary/aromatic N) is 2. The van der Waals surface area contributed by atoms with Crippen molar-refractivity contribution in [2.24, 2.45) is 0 Å². The van der Waals surface area contributed by atoms with Gasteiger partial charge in [-0.15, -0.1) is 0 Å². The molecule has 2 rings (SSSR count). The van der Waals surface area contributed by atoms with E-state index in [1.54, 1.807) is 31.3 Å². The normalized spacial score (nSPS) is 11.8. The molecule has 0 saturated carbocycles. The third-order valence-electron chi connectivity index (χ3n) is 3.16. The zero-order chi connectivity index (χ0) is 16.2. The highest BCUT2D eigenvalue weighted by molar-refractivity contribution is 7.88. The lowest BCUT2D eigenvalue weighted by Crippen LogP contribution is -2.32. The minimum atomic E-state index is -3.73. The lowest BCUT2D eigenvalue weighted by atomic mass is 10.2. The molecule has 0 bridgehead atoms. The van der Waals surface area contributed by atoms with Crippen LogP contribution in [0.3, 0.4) is 0 Å². The van der Waals surface area contributed by atoms with Crippen LogP contribution in [0.5, 0.6) is 0 Å². The summed E-state index contributed by atoms with van der Waals surface area (Å²) in [5.41, 5.74) is 0.549. The van der Waals surface area contributed by atoms with Crippen molar-refractivity contribution in [2.75, 3.05) is 6.54 Å². The fourth-order valence-corrected chi connectivity index (χ4v) is 3.54. The highest BCUT2D eigenvalue weighted by Gasteiger charge is 2.23. The maximum absolute atomic E-state index is 13.6. The van der Waals surface area contributed by atoms with Crippen LogP contribution in [0.1, 0.15) is 18.2 Å². The van der Waals surface area contributed by atoms with Gasteiger partial charge in [-0.05, 0) is 18.2 Å². The number of halogens is 2. The van der Waals surface area contributed by atoms with Gasteiger partial charge in [-0.1, -0.05) is 19.1 Å². The van der Waals surface area contributed by atoms with Gasteiger partial charge in [-0.3, -0.25) is 4.98 Å². The van der Waals surface area contributed by atoms with Gasteiger partial charge in [-0.2, -0.15) is 4.31 Å². The van der Waals surface area contributed by atoms with Crippen LogP contribution >= 0.6 is 0 Å². The van der Waals surface area contributed by atoms with Crippen molar-refractivity contribution < 1.29 is 17.2 Å². The van der Waals surface area contributed by atoms with Crippen molar-refractivity contribution in [2.45, 2.75) is 19.2 Å². The Morgan fingerprint density at radius 1 is 1.18 bits per heavy atom. The Bertz CT molecular complexity index is 736. The molecule has 0 unspecified atom stereocenters. The SMILES string of the molecule is CCN(Cc1ccccn1)S(=O)(=O)Cc1ccc(F)cc1F. The van der Waals surface area contributed by atoms with Crippen molar-refractivity contribution in [3.63, 3.8) is 0 Å². The highest BCUT2D eigenvalue weighted by Crippen LogP contribution is 2.17. The minimum Gasteiger partial charge on any atom is -0.260 e. The number of sulfonamides is 1. The average molecular weight is 326 g/mol. The van der Waals surface area contributed by atoms with Crippen LogP contribution in [0.4, 0.5) is 8.78 Å². The van der Waals surface area contributed by atoms with Crippen LogP contribution in [0.25, 0.3) is 0 Å². The van der Waals surface area contributed by atoms with Crippen LogP contribution in [-0.4, -0.2) is 24.3 Å². The molecule has 0 spiro atoms. The van der Waals surface area contributed by atoms with Crippen LogP contribution in [0.2, 0.25) is 0 Å². The van der Waals surface area contributed by atoms with E-state index >= 15 is 0 Å². The largest absolute Gasteiger partial charge is 0.260 e. The van der Waals surface area contributed by atoms with Gasteiger partial charge in [-0.25, -0.2) is 17.2 Å². The lowest BCUT2D eigenvalue weighted by molar-refractivity contribution is 0.417. The van der Waals surface area contributed by atoms with Gasteiger partial charge in [0, 0.05) is 24.4 Å². The molecule has 0 fully saturated rings. The smallest absolute Gasteiger partial charge is 0.218 e. The summed E-state index contributed by atoms with van der Waals surface area (Å²) >= 11 is 0. The number of hydrogen-bond acceptors (Lipinski definition) is 3. The molecule has 0 aliphatic carbocycles. The Morgan fingerprint density at radius 3 is 2.55 bits per heavy atom. The minimum absolute atomic E-state index is 0.0547. The fraction of sp³-hybridized carbons (Fsp3) is 0.267. The molecule has 1 aromatic carbocycles. The topological polar surface area (TPSA) is 50.3 Å². The number of aromatic nitrogens is 1. The van der Waals surface area contributed by atoms with Gasteiger partial charge in [0.25, 0.3) is 0 Å². The monoisotopic (exact) mass is 326 g/mol. The van der Waals surface area contributed by atoms with E-state index < -0.39 is 27.4 Å². The molecule has 1 aromatic heterocycles. The van der Waals surface area contributed by atoms with Crippen molar-refractivity contribution in [1.29, 1.82) is 0 Å².